The summed E-state index contributed by atoms with van der Waals surface area (Å²) in [4.78, 5) is 29.4. The summed E-state index contributed by atoms with van der Waals surface area (Å²) in [7, 11) is 0. The number of benzene rings is 1. The number of amidine groups is 1. The zero-order valence-electron chi connectivity index (χ0n) is 13.6. The van der Waals surface area contributed by atoms with Crippen LogP contribution in [0.1, 0.15) is 22.2 Å². The Kier molecular flexibility index (Phi) is 4.57. The molecule has 0 fully saturated rings. The number of carbonyl (C=O) groups is 2. The Morgan fingerprint density at radius 3 is 2.50 bits per heavy atom. The van der Waals surface area contributed by atoms with E-state index in [0.717, 1.165) is 16.2 Å². The molecule has 2 aromatic rings. The minimum absolute atomic E-state index is 0.0655. The molecule has 0 saturated heterocycles. The average Bonchev–Trinajstić information content (AvgIpc) is 3.19. The lowest BCUT2D eigenvalue weighted by Crippen LogP contribution is -2.63. The van der Waals surface area contributed by atoms with Crippen molar-refractivity contribution in [3.8, 4) is 0 Å². The van der Waals surface area contributed by atoms with Crippen molar-refractivity contribution >= 4 is 29.0 Å². The predicted octanol–water partition coefficient (Wildman–Crippen LogP) is 3.20. The number of amides is 2. The van der Waals surface area contributed by atoms with E-state index in [9.17, 15) is 22.8 Å². The van der Waals surface area contributed by atoms with Gasteiger partial charge in [-0.2, -0.15) is 13.2 Å². The van der Waals surface area contributed by atoms with E-state index in [0.29, 0.717) is 5.56 Å². The van der Waals surface area contributed by atoms with Crippen LogP contribution in [0.5, 0.6) is 0 Å². The molecule has 0 aliphatic carbocycles. The van der Waals surface area contributed by atoms with Crippen LogP contribution in [0.15, 0.2) is 52.8 Å². The lowest BCUT2D eigenvalue weighted by atomic mass is 10.1. The Labute approximate surface area is 151 Å². The van der Waals surface area contributed by atoms with Crippen molar-refractivity contribution in [1.82, 2.24) is 10.2 Å². The molecule has 0 saturated carbocycles. The molecule has 0 bridgehead atoms. The maximum absolute atomic E-state index is 13.8. The average molecular weight is 381 g/mol. The molecule has 1 aliphatic heterocycles. The van der Waals surface area contributed by atoms with Crippen LogP contribution in [0.2, 0.25) is 0 Å². The molecule has 9 heteroatoms. The summed E-state index contributed by atoms with van der Waals surface area (Å²) in [5.74, 6) is -2.43. The van der Waals surface area contributed by atoms with Crippen molar-refractivity contribution in [3.63, 3.8) is 0 Å². The van der Waals surface area contributed by atoms with Gasteiger partial charge in [0.15, 0.2) is 0 Å². The highest BCUT2D eigenvalue weighted by atomic mass is 32.1. The third-order valence-electron chi connectivity index (χ3n) is 3.91. The third kappa shape index (κ3) is 3.10. The van der Waals surface area contributed by atoms with Gasteiger partial charge in [-0.05, 0) is 23.9 Å². The van der Waals surface area contributed by atoms with Gasteiger partial charge in [0, 0.05) is 0 Å². The van der Waals surface area contributed by atoms with Gasteiger partial charge in [-0.25, -0.2) is 4.99 Å². The van der Waals surface area contributed by atoms with E-state index in [1.807, 2.05) is 0 Å². The Morgan fingerprint density at radius 2 is 1.92 bits per heavy atom. The summed E-state index contributed by atoms with van der Waals surface area (Å²) in [6.45, 7) is 1.24. The van der Waals surface area contributed by atoms with Crippen molar-refractivity contribution in [1.29, 1.82) is 0 Å². The van der Waals surface area contributed by atoms with E-state index >= 15 is 0 Å². The number of aliphatic imine (C=N–C) groups is 1. The van der Waals surface area contributed by atoms with Gasteiger partial charge >= 0.3 is 11.8 Å². The maximum Gasteiger partial charge on any atom is 0.442 e. The molecule has 1 N–H and O–H groups in total. The second-order valence-electron chi connectivity index (χ2n) is 5.68. The number of thiophene rings is 1. The van der Waals surface area contributed by atoms with Gasteiger partial charge in [0.25, 0.3) is 11.8 Å². The Hall–Kier alpha value is -2.68. The number of alkyl halides is 3. The number of hydrogen-bond acceptors (Lipinski definition) is 4. The highest BCUT2D eigenvalue weighted by Gasteiger charge is 2.66. The van der Waals surface area contributed by atoms with Gasteiger partial charge in [0.1, 0.15) is 5.84 Å². The summed E-state index contributed by atoms with van der Waals surface area (Å²) in [5.41, 5.74) is -2.66. The molecule has 0 spiro atoms. The number of nitrogens with one attached hydrogen (secondary N) is 1. The van der Waals surface area contributed by atoms with Gasteiger partial charge in [-0.15, -0.1) is 11.3 Å². The summed E-state index contributed by atoms with van der Waals surface area (Å²) in [6, 6.07) is 11.5. The summed E-state index contributed by atoms with van der Waals surface area (Å²) in [6.07, 6.45) is -5.08. The van der Waals surface area contributed by atoms with Crippen LogP contribution >= 0.6 is 11.3 Å². The highest BCUT2D eigenvalue weighted by molar-refractivity contribution is 7.12. The minimum Gasteiger partial charge on any atom is -0.311 e. The summed E-state index contributed by atoms with van der Waals surface area (Å²) >= 11 is 0.976. The zero-order valence-corrected chi connectivity index (χ0v) is 14.4. The van der Waals surface area contributed by atoms with Crippen molar-refractivity contribution in [2.75, 3.05) is 0 Å². The molecular weight excluding hydrogens is 367 g/mol. The molecule has 2 amide bonds. The molecule has 1 aliphatic rings. The zero-order chi connectivity index (χ0) is 18.9. The number of carbonyl (C=O) groups excluding carboxylic acids is 2. The van der Waals surface area contributed by atoms with E-state index in [2.05, 4.69) is 4.99 Å². The molecule has 136 valence electrons. The van der Waals surface area contributed by atoms with E-state index < -0.39 is 23.7 Å². The molecule has 26 heavy (non-hydrogen) atoms. The Bertz CT molecular complexity index is 850. The molecular formula is C17H14F3N3O2S. The van der Waals surface area contributed by atoms with Crippen LogP contribution in [0.4, 0.5) is 13.2 Å². The SMILES string of the molecule is CC1=NC(NC(=O)c2cccs2)(C(F)(F)F)C(=O)N1Cc1ccccc1. The van der Waals surface area contributed by atoms with E-state index in [1.165, 1.54) is 19.1 Å². The molecule has 2 heterocycles. The van der Waals surface area contributed by atoms with Gasteiger partial charge in [-0.3, -0.25) is 14.5 Å². The first-order valence-corrected chi connectivity index (χ1v) is 8.47. The Balaban J connectivity index is 1.93. The molecule has 1 atom stereocenters. The van der Waals surface area contributed by atoms with Gasteiger partial charge in [0.05, 0.1) is 11.4 Å². The fourth-order valence-electron chi connectivity index (χ4n) is 2.62. The lowest BCUT2D eigenvalue weighted by molar-refractivity contribution is -0.196. The molecule has 1 aromatic heterocycles. The molecule has 5 nitrogen and oxygen atoms in total. The maximum atomic E-state index is 13.8. The number of hydrogen-bond donors (Lipinski definition) is 1. The van der Waals surface area contributed by atoms with Crippen molar-refractivity contribution in [2.24, 2.45) is 4.99 Å². The smallest absolute Gasteiger partial charge is 0.311 e. The van der Waals surface area contributed by atoms with Crippen LogP contribution < -0.4 is 5.32 Å². The van der Waals surface area contributed by atoms with Crippen LogP contribution in [0.3, 0.4) is 0 Å². The van der Waals surface area contributed by atoms with Crippen LogP contribution in [-0.2, 0) is 11.3 Å². The van der Waals surface area contributed by atoms with Crippen molar-refractivity contribution in [3.05, 3.63) is 58.3 Å². The standard InChI is InChI=1S/C17H14F3N3O2S/c1-11-21-16(17(18,19)20,22-14(24)13-8-5-9-26-13)15(25)23(11)10-12-6-3-2-4-7-12/h2-9H,10H2,1H3,(H,22,24). The molecule has 3 rings (SSSR count). The topological polar surface area (TPSA) is 61.8 Å². The second-order valence-corrected chi connectivity index (χ2v) is 6.62. The summed E-state index contributed by atoms with van der Waals surface area (Å²) in [5, 5.41) is 3.36. The van der Waals surface area contributed by atoms with Crippen molar-refractivity contribution < 1.29 is 22.8 Å². The normalized spacial score (nSPS) is 20.2. The van der Waals surface area contributed by atoms with Crippen LogP contribution in [0, 0.1) is 0 Å². The van der Waals surface area contributed by atoms with E-state index in [4.69, 9.17) is 0 Å². The minimum atomic E-state index is -5.08. The van der Waals surface area contributed by atoms with E-state index in [-0.39, 0.29) is 17.3 Å². The Morgan fingerprint density at radius 1 is 1.23 bits per heavy atom. The third-order valence-corrected chi connectivity index (χ3v) is 4.78. The fraction of sp³-hybridized carbons (Fsp3) is 0.235. The van der Waals surface area contributed by atoms with Gasteiger partial charge in [0.2, 0.25) is 0 Å². The molecule has 1 unspecified atom stereocenters. The first-order valence-electron chi connectivity index (χ1n) is 7.60. The number of halogens is 3. The first-order chi connectivity index (χ1) is 12.2. The first kappa shape index (κ1) is 18.1. The number of nitrogens with zero attached hydrogens (tertiary/aromatic N) is 2. The van der Waals surface area contributed by atoms with Gasteiger partial charge < -0.3 is 5.32 Å². The van der Waals surface area contributed by atoms with Gasteiger partial charge in [-0.1, -0.05) is 36.4 Å². The van der Waals surface area contributed by atoms with E-state index in [1.54, 1.807) is 41.0 Å². The molecule has 0 radical (unpaired) electrons. The van der Waals surface area contributed by atoms with Crippen molar-refractivity contribution in [2.45, 2.75) is 25.3 Å². The highest BCUT2D eigenvalue weighted by Crippen LogP contribution is 2.38. The largest absolute Gasteiger partial charge is 0.442 e. The second kappa shape index (κ2) is 6.56. The van der Waals surface area contributed by atoms with Crippen LogP contribution in [0.25, 0.3) is 0 Å². The predicted molar refractivity (Wildman–Crippen MR) is 90.7 cm³/mol. The quantitative estimate of drug-likeness (QED) is 0.884. The lowest BCUT2D eigenvalue weighted by Gasteiger charge is -2.29. The number of rotatable bonds is 4. The fourth-order valence-corrected chi connectivity index (χ4v) is 3.23. The summed E-state index contributed by atoms with van der Waals surface area (Å²) < 4.78 is 41.4. The molecule has 1 aromatic carbocycles. The van der Waals surface area contributed by atoms with Crippen LogP contribution in [-0.4, -0.2) is 34.4 Å². The monoisotopic (exact) mass is 381 g/mol.